The van der Waals surface area contributed by atoms with Gasteiger partial charge in [0.05, 0.1) is 39.6 Å². The monoisotopic (exact) mass is 548 g/mol. The molecule has 8 nitrogen and oxygen atoms in total. The Hall–Kier alpha value is -4.13. The first-order valence-corrected chi connectivity index (χ1v) is 12.9. The minimum absolute atomic E-state index is 0.252. The number of carbonyl (C=O) groups is 1. The van der Waals surface area contributed by atoms with Crippen molar-refractivity contribution >= 4 is 26.8 Å². The molecule has 0 saturated carbocycles. The first-order chi connectivity index (χ1) is 17.7. The molecule has 13 heteroatoms. The number of carbonyl (C=O) groups excluding carboxylic acids is 1. The van der Waals surface area contributed by atoms with Gasteiger partial charge in [-0.25, -0.2) is 22.8 Å². The molecule has 1 amide bonds. The molecule has 38 heavy (non-hydrogen) atoms. The fourth-order valence-corrected chi connectivity index (χ4v) is 4.37. The van der Waals surface area contributed by atoms with E-state index in [1.54, 1.807) is 19.1 Å². The molecule has 2 aromatic carbocycles. The number of nitrogens with one attached hydrogen (secondary N) is 1. The largest absolute Gasteiger partial charge is 0.573 e. The van der Waals surface area contributed by atoms with Crippen molar-refractivity contribution in [2.24, 2.45) is 0 Å². The number of amides is 1. The van der Waals surface area contributed by atoms with Crippen LogP contribution in [0.15, 0.2) is 59.6 Å². The number of halogens is 4. The summed E-state index contributed by atoms with van der Waals surface area (Å²) in [5.74, 6) is -2.32. The van der Waals surface area contributed by atoms with Crippen LogP contribution in [0.4, 0.5) is 17.6 Å². The highest BCUT2D eigenvalue weighted by Crippen LogP contribution is 2.30. The zero-order valence-corrected chi connectivity index (χ0v) is 21.0. The van der Waals surface area contributed by atoms with Crippen molar-refractivity contribution in [2.45, 2.75) is 31.1 Å². The third kappa shape index (κ3) is 6.05. The number of alkyl halides is 3. The van der Waals surface area contributed by atoms with Crippen LogP contribution in [0.25, 0.3) is 22.4 Å². The van der Waals surface area contributed by atoms with E-state index >= 15 is 0 Å². The summed E-state index contributed by atoms with van der Waals surface area (Å²) in [6, 6.07) is 9.45. The Morgan fingerprint density at radius 3 is 2.45 bits per heavy atom. The van der Waals surface area contributed by atoms with E-state index < -0.39 is 44.6 Å². The lowest BCUT2D eigenvalue weighted by Gasteiger charge is -2.18. The molecule has 0 aliphatic rings. The standard InChI is InChI=1S/C25H20F4N4O4S/c1-13-5-4-6-20-21(13)33-22(23(32-20)19-8-7-16(26)12-30-19)14(2)31-24(34)15-9-17(37-25(27,28)29)11-18(10-15)38(3,35)36/h4-12,14H,1-3H3,(H,31,34)/t14-/m0/s1. The number of benzene rings is 2. The molecule has 0 spiro atoms. The first-order valence-electron chi connectivity index (χ1n) is 11.0. The maximum Gasteiger partial charge on any atom is 0.573 e. The third-order valence-corrected chi connectivity index (χ3v) is 6.55. The zero-order chi connectivity index (χ0) is 27.8. The molecular weight excluding hydrogens is 528 g/mol. The lowest BCUT2D eigenvalue weighted by atomic mass is 10.1. The second-order valence-electron chi connectivity index (χ2n) is 8.47. The number of rotatable bonds is 6. The molecule has 0 bridgehead atoms. The topological polar surface area (TPSA) is 111 Å². The molecule has 1 N–H and O–H groups in total. The summed E-state index contributed by atoms with van der Waals surface area (Å²) in [6.45, 7) is 3.38. The number of hydrogen-bond acceptors (Lipinski definition) is 7. The Kier molecular flexibility index (Phi) is 7.06. The van der Waals surface area contributed by atoms with Gasteiger partial charge in [-0.3, -0.25) is 9.78 Å². The number of nitrogens with zero attached hydrogens (tertiary/aromatic N) is 3. The van der Waals surface area contributed by atoms with Crippen LogP contribution >= 0.6 is 0 Å². The SMILES string of the molecule is Cc1cccc2nc(-c3ccc(F)cn3)c([C@H](C)NC(=O)c3cc(OC(F)(F)F)cc(S(C)(=O)=O)c3)nc12. The maximum absolute atomic E-state index is 13.5. The average Bonchev–Trinajstić information content (AvgIpc) is 2.82. The molecular formula is C25H20F4N4O4S. The van der Waals surface area contributed by atoms with Crippen molar-refractivity contribution < 1.29 is 35.5 Å². The van der Waals surface area contributed by atoms with E-state index in [0.717, 1.165) is 30.1 Å². The number of para-hydroxylation sites is 1. The van der Waals surface area contributed by atoms with Gasteiger partial charge in [0, 0.05) is 11.8 Å². The van der Waals surface area contributed by atoms with Crippen LogP contribution < -0.4 is 10.1 Å². The average molecular weight is 549 g/mol. The van der Waals surface area contributed by atoms with Crippen LogP contribution in [0.3, 0.4) is 0 Å². The number of fused-ring (bicyclic) bond motifs is 1. The van der Waals surface area contributed by atoms with E-state index in [1.807, 2.05) is 13.0 Å². The highest BCUT2D eigenvalue weighted by Gasteiger charge is 2.32. The zero-order valence-electron chi connectivity index (χ0n) is 20.2. The number of aryl methyl sites for hydroxylation is 1. The van der Waals surface area contributed by atoms with Crippen molar-refractivity contribution in [1.82, 2.24) is 20.3 Å². The highest BCUT2D eigenvalue weighted by molar-refractivity contribution is 7.90. The van der Waals surface area contributed by atoms with Gasteiger partial charge in [0.15, 0.2) is 9.84 Å². The minimum Gasteiger partial charge on any atom is -0.406 e. The molecule has 0 aliphatic heterocycles. The second kappa shape index (κ2) is 9.97. The van der Waals surface area contributed by atoms with Gasteiger partial charge in [0.1, 0.15) is 17.3 Å². The van der Waals surface area contributed by atoms with E-state index in [-0.39, 0.29) is 22.6 Å². The van der Waals surface area contributed by atoms with Gasteiger partial charge in [-0.15, -0.1) is 13.2 Å². The van der Waals surface area contributed by atoms with Crippen LogP contribution in [0.5, 0.6) is 5.75 Å². The van der Waals surface area contributed by atoms with Gasteiger partial charge in [-0.2, -0.15) is 0 Å². The number of ether oxygens (including phenoxy) is 1. The lowest BCUT2D eigenvalue weighted by molar-refractivity contribution is -0.274. The van der Waals surface area contributed by atoms with Crippen LogP contribution in [-0.4, -0.2) is 41.9 Å². The van der Waals surface area contributed by atoms with E-state index in [1.165, 1.54) is 12.1 Å². The van der Waals surface area contributed by atoms with E-state index in [2.05, 4.69) is 25.0 Å². The summed E-state index contributed by atoms with van der Waals surface area (Å²) in [5, 5.41) is 2.61. The Morgan fingerprint density at radius 1 is 1.08 bits per heavy atom. The molecule has 0 fully saturated rings. The Balaban J connectivity index is 1.77. The summed E-state index contributed by atoms with van der Waals surface area (Å²) >= 11 is 0. The molecule has 0 radical (unpaired) electrons. The summed E-state index contributed by atoms with van der Waals surface area (Å²) < 4.78 is 79.8. The molecule has 4 rings (SSSR count). The predicted octanol–water partition coefficient (Wildman–Crippen LogP) is 4.93. The fraction of sp³-hybridized carbons (Fsp3) is 0.200. The van der Waals surface area contributed by atoms with E-state index in [9.17, 15) is 30.8 Å². The predicted molar refractivity (Wildman–Crippen MR) is 130 cm³/mol. The minimum atomic E-state index is -5.10. The van der Waals surface area contributed by atoms with Gasteiger partial charge in [-0.05, 0) is 55.8 Å². The quantitative estimate of drug-likeness (QED) is 0.340. The number of pyridine rings is 1. The van der Waals surface area contributed by atoms with Gasteiger partial charge in [-0.1, -0.05) is 12.1 Å². The van der Waals surface area contributed by atoms with Gasteiger partial charge in [0.25, 0.3) is 5.91 Å². The van der Waals surface area contributed by atoms with E-state index in [0.29, 0.717) is 17.1 Å². The molecule has 0 aliphatic carbocycles. The highest BCUT2D eigenvalue weighted by atomic mass is 32.2. The lowest BCUT2D eigenvalue weighted by Crippen LogP contribution is -2.28. The summed E-state index contributed by atoms with van der Waals surface area (Å²) in [5.41, 5.74) is 2.26. The van der Waals surface area contributed by atoms with Crippen molar-refractivity contribution in [3.63, 3.8) is 0 Å². The maximum atomic E-state index is 13.5. The number of sulfone groups is 1. The Bertz CT molecular complexity index is 1640. The van der Waals surface area contributed by atoms with Crippen molar-refractivity contribution in [1.29, 1.82) is 0 Å². The molecule has 0 saturated heterocycles. The number of aromatic nitrogens is 3. The van der Waals surface area contributed by atoms with Crippen molar-refractivity contribution in [3.8, 4) is 17.1 Å². The van der Waals surface area contributed by atoms with E-state index in [4.69, 9.17) is 0 Å². The van der Waals surface area contributed by atoms with Crippen LogP contribution in [0, 0.1) is 12.7 Å². The molecule has 2 heterocycles. The summed E-state index contributed by atoms with van der Waals surface area (Å²) in [4.78, 5) is 25.9. The smallest absolute Gasteiger partial charge is 0.406 e. The molecule has 0 unspecified atom stereocenters. The molecule has 198 valence electrons. The molecule has 2 aromatic heterocycles. The normalized spacial score (nSPS) is 12.8. The van der Waals surface area contributed by atoms with Gasteiger partial charge in [0.2, 0.25) is 0 Å². The summed E-state index contributed by atoms with van der Waals surface area (Å²) in [7, 11) is -3.98. The first kappa shape index (κ1) is 26.9. The molecule has 4 aromatic rings. The number of hydrogen-bond donors (Lipinski definition) is 1. The van der Waals surface area contributed by atoms with Crippen LogP contribution in [0.1, 0.15) is 34.6 Å². The van der Waals surface area contributed by atoms with Crippen molar-refractivity contribution in [3.05, 3.63) is 77.4 Å². The fourth-order valence-electron chi connectivity index (χ4n) is 3.69. The van der Waals surface area contributed by atoms with Crippen LogP contribution in [0.2, 0.25) is 0 Å². The summed E-state index contributed by atoms with van der Waals surface area (Å²) in [6.07, 6.45) is -3.31. The van der Waals surface area contributed by atoms with Gasteiger partial charge >= 0.3 is 6.36 Å². The van der Waals surface area contributed by atoms with Crippen molar-refractivity contribution in [2.75, 3.05) is 6.26 Å². The Labute approximate surface area is 214 Å². The van der Waals surface area contributed by atoms with Gasteiger partial charge < -0.3 is 10.1 Å². The third-order valence-electron chi connectivity index (χ3n) is 5.46. The second-order valence-corrected chi connectivity index (χ2v) is 10.5. The Morgan fingerprint density at radius 2 is 1.82 bits per heavy atom. The van der Waals surface area contributed by atoms with Crippen LogP contribution in [-0.2, 0) is 9.84 Å². The molecule has 1 atom stereocenters.